The summed E-state index contributed by atoms with van der Waals surface area (Å²) in [5, 5.41) is 2.97. The Morgan fingerprint density at radius 2 is 1.66 bits per heavy atom. The molecule has 1 N–H and O–H groups in total. The fourth-order valence-corrected chi connectivity index (χ4v) is 3.09. The zero-order valence-electron chi connectivity index (χ0n) is 17.2. The summed E-state index contributed by atoms with van der Waals surface area (Å²) in [6.07, 6.45) is 1.92. The van der Waals surface area contributed by atoms with Crippen LogP contribution in [-0.4, -0.2) is 45.7 Å². The van der Waals surface area contributed by atoms with Gasteiger partial charge in [-0.1, -0.05) is 31.2 Å². The standard InChI is InChI=1S/C21H28N2O5S/c1-5-20(17-8-12-18(27-3)13-9-17)22-21(24)15-28-19-10-6-16(7-11-19)14-23(2)29(4,25)26/h6-13,20H,5,14-15H2,1-4H3,(H,22,24)/t20-/m1/s1. The van der Waals surface area contributed by atoms with Gasteiger partial charge < -0.3 is 14.8 Å². The van der Waals surface area contributed by atoms with E-state index in [1.807, 2.05) is 31.2 Å². The van der Waals surface area contributed by atoms with Gasteiger partial charge in [0.25, 0.3) is 5.91 Å². The number of methoxy groups -OCH3 is 1. The second-order valence-electron chi connectivity index (χ2n) is 6.75. The number of benzene rings is 2. The highest BCUT2D eigenvalue weighted by Crippen LogP contribution is 2.20. The minimum absolute atomic E-state index is 0.102. The monoisotopic (exact) mass is 420 g/mol. The molecule has 8 heteroatoms. The van der Waals surface area contributed by atoms with Crippen LogP contribution >= 0.6 is 0 Å². The van der Waals surface area contributed by atoms with E-state index in [4.69, 9.17) is 9.47 Å². The van der Waals surface area contributed by atoms with Crippen LogP contribution in [-0.2, 0) is 21.4 Å². The maximum atomic E-state index is 12.3. The van der Waals surface area contributed by atoms with Gasteiger partial charge in [-0.3, -0.25) is 4.79 Å². The number of rotatable bonds is 10. The van der Waals surface area contributed by atoms with Gasteiger partial charge >= 0.3 is 0 Å². The Kier molecular flexibility index (Phi) is 8.04. The third-order valence-corrected chi connectivity index (χ3v) is 5.79. The van der Waals surface area contributed by atoms with Crippen molar-refractivity contribution in [2.24, 2.45) is 0 Å². The van der Waals surface area contributed by atoms with Gasteiger partial charge in [-0.15, -0.1) is 0 Å². The molecule has 0 saturated carbocycles. The Morgan fingerprint density at radius 3 is 2.17 bits per heavy atom. The highest BCUT2D eigenvalue weighted by Gasteiger charge is 2.14. The summed E-state index contributed by atoms with van der Waals surface area (Å²) in [7, 11) is -0.0937. The van der Waals surface area contributed by atoms with Crippen molar-refractivity contribution in [3.05, 3.63) is 59.7 Å². The van der Waals surface area contributed by atoms with E-state index < -0.39 is 10.0 Å². The number of nitrogens with zero attached hydrogens (tertiary/aromatic N) is 1. The van der Waals surface area contributed by atoms with Crippen LogP contribution in [0.2, 0.25) is 0 Å². The SMILES string of the molecule is CC[C@@H](NC(=O)COc1ccc(CN(C)S(C)(=O)=O)cc1)c1ccc(OC)cc1. The summed E-state index contributed by atoms with van der Waals surface area (Å²) >= 11 is 0. The molecule has 0 radical (unpaired) electrons. The lowest BCUT2D eigenvalue weighted by molar-refractivity contribution is -0.123. The van der Waals surface area contributed by atoms with E-state index in [0.717, 1.165) is 23.3 Å². The molecule has 0 unspecified atom stereocenters. The van der Waals surface area contributed by atoms with Crippen molar-refractivity contribution >= 4 is 15.9 Å². The molecule has 0 saturated heterocycles. The number of sulfonamides is 1. The first-order valence-electron chi connectivity index (χ1n) is 9.29. The summed E-state index contributed by atoms with van der Waals surface area (Å²) in [4.78, 5) is 12.3. The van der Waals surface area contributed by atoms with Crippen molar-refractivity contribution in [1.29, 1.82) is 0 Å². The third-order valence-electron chi connectivity index (χ3n) is 4.53. The molecule has 7 nitrogen and oxygen atoms in total. The number of hydrogen-bond acceptors (Lipinski definition) is 5. The highest BCUT2D eigenvalue weighted by atomic mass is 32.2. The van der Waals surface area contributed by atoms with Gasteiger partial charge in [-0.05, 0) is 41.8 Å². The second-order valence-corrected chi connectivity index (χ2v) is 8.84. The van der Waals surface area contributed by atoms with Gasteiger partial charge in [0.2, 0.25) is 10.0 Å². The number of carbonyl (C=O) groups excluding carboxylic acids is 1. The molecule has 2 aromatic carbocycles. The lowest BCUT2D eigenvalue weighted by atomic mass is 10.0. The molecule has 0 aliphatic rings. The second kappa shape index (κ2) is 10.3. The van der Waals surface area contributed by atoms with Gasteiger partial charge in [0, 0.05) is 13.6 Å². The molecule has 2 aromatic rings. The first-order valence-corrected chi connectivity index (χ1v) is 11.1. The molecule has 1 amide bonds. The average Bonchev–Trinajstić information content (AvgIpc) is 2.71. The Labute approximate surface area is 172 Å². The molecule has 29 heavy (non-hydrogen) atoms. The van der Waals surface area contributed by atoms with E-state index in [9.17, 15) is 13.2 Å². The zero-order valence-corrected chi connectivity index (χ0v) is 18.0. The molecular formula is C21H28N2O5S. The van der Waals surface area contributed by atoms with Crippen molar-refractivity contribution in [3.8, 4) is 11.5 Å². The van der Waals surface area contributed by atoms with Crippen LogP contribution < -0.4 is 14.8 Å². The summed E-state index contributed by atoms with van der Waals surface area (Å²) in [6.45, 7) is 2.18. The maximum absolute atomic E-state index is 12.3. The smallest absolute Gasteiger partial charge is 0.258 e. The lowest BCUT2D eigenvalue weighted by Gasteiger charge is -2.18. The molecule has 0 aromatic heterocycles. The molecule has 0 bridgehead atoms. The summed E-state index contributed by atoms with van der Waals surface area (Å²) in [5.74, 6) is 1.10. The molecule has 2 rings (SSSR count). The quantitative estimate of drug-likeness (QED) is 0.639. The maximum Gasteiger partial charge on any atom is 0.258 e. The van der Waals surface area contributed by atoms with Crippen molar-refractivity contribution < 1.29 is 22.7 Å². The molecule has 0 aliphatic carbocycles. The molecule has 158 valence electrons. The van der Waals surface area contributed by atoms with Crippen LogP contribution in [0.1, 0.15) is 30.5 Å². The van der Waals surface area contributed by atoms with Gasteiger partial charge in [-0.25, -0.2) is 12.7 Å². The summed E-state index contributed by atoms with van der Waals surface area (Å²) < 4.78 is 34.9. The van der Waals surface area contributed by atoms with Crippen molar-refractivity contribution in [2.75, 3.05) is 27.0 Å². The molecule has 0 fully saturated rings. The lowest BCUT2D eigenvalue weighted by Crippen LogP contribution is -2.32. The topological polar surface area (TPSA) is 84.9 Å². The van der Waals surface area contributed by atoms with Gasteiger partial charge in [0.05, 0.1) is 19.4 Å². The minimum Gasteiger partial charge on any atom is -0.497 e. The summed E-state index contributed by atoms with van der Waals surface area (Å²) in [5.41, 5.74) is 1.83. The minimum atomic E-state index is -3.23. The van der Waals surface area contributed by atoms with Crippen LogP contribution in [0.4, 0.5) is 0 Å². The number of amides is 1. The van der Waals surface area contributed by atoms with Crippen LogP contribution in [0.25, 0.3) is 0 Å². The normalized spacial score (nSPS) is 12.4. The van der Waals surface area contributed by atoms with E-state index >= 15 is 0 Å². The number of nitrogens with one attached hydrogen (secondary N) is 1. The Balaban J connectivity index is 1.87. The fraction of sp³-hybridized carbons (Fsp3) is 0.381. The predicted octanol–water partition coefficient (Wildman–Crippen LogP) is 2.73. The zero-order chi connectivity index (χ0) is 21.4. The van der Waals surface area contributed by atoms with Gasteiger partial charge in [0.1, 0.15) is 11.5 Å². The molecule has 0 heterocycles. The van der Waals surface area contributed by atoms with Crippen LogP contribution in [0.5, 0.6) is 11.5 Å². The van der Waals surface area contributed by atoms with Crippen LogP contribution in [0.15, 0.2) is 48.5 Å². The predicted molar refractivity (Wildman–Crippen MR) is 112 cm³/mol. The van der Waals surface area contributed by atoms with Crippen molar-refractivity contribution in [1.82, 2.24) is 9.62 Å². The molecule has 0 aliphatic heterocycles. The van der Waals surface area contributed by atoms with Crippen molar-refractivity contribution in [3.63, 3.8) is 0 Å². The Hall–Kier alpha value is -2.58. The third kappa shape index (κ3) is 7.07. The number of ether oxygens (including phenoxy) is 2. The number of carbonyl (C=O) groups is 1. The average molecular weight is 421 g/mol. The van der Waals surface area contributed by atoms with E-state index in [2.05, 4.69) is 5.32 Å². The van der Waals surface area contributed by atoms with E-state index in [1.165, 1.54) is 17.6 Å². The fourth-order valence-electron chi connectivity index (χ4n) is 2.71. The van der Waals surface area contributed by atoms with E-state index in [-0.39, 0.29) is 25.1 Å². The van der Waals surface area contributed by atoms with E-state index in [0.29, 0.717) is 5.75 Å². The van der Waals surface area contributed by atoms with Gasteiger partial charge in [-0.2, -0.15) is 0 Å². The summed E-state index contributed by atoms with van der Waals surface area (Å²) in [6, 6.07) is 14.5. The van der Waals surface area contributed by atoms with Crippen LogP contribution in [0, 0.1) is 0 Å². The molecule has 1 atom stereocenters. The first-order chi connectivity index (χ1) is 13.7. The van der Waals surface area contributed by atoms with Crippen LogP contribution in [0.3, 0.4) is 0 Å². The largest absolute Gasteiger partial charge is 0.497 e. The Bertz CT molecular complexity index is 896. The molecule has 0 spiro atoms. The van der Waals surface area contributed by atoms with Crippen molar-refractivity contribution in [2.45, 2.75) is 25.9 Å². The Morgan fingerprint density at radius 1 is 1.07 bits per heavy atom. The number of hydrogen-bond donors (Lipinski definition) is 1. The first kappa shape index (κ1) is 22.7. The highest BCUT2D eigenvalue weighted by molar-refractivity contribution is 7.88. The molecular weight excluding hydrogens is 392 g/mol. The van der Waals surface area contributed by atoms with Gasteiger partial charge in [0.15, 0.2) is 6.61 Å². The van der Waals surface area contributed by atoms with E-state index in [1.54, 1.807) is 31.4 Å².